The molecule has 1 aromatic rings. The van der Waals surface area contributed by atoms with Gasteiger partial charge in [0.05, 0.1) is 6.07 Å². The molecule has 0 saturated heterocycles. The number of hydrogen-bond donors (Lipinski definition) is 0. The summed E-state index contributed by atoms with van der Waals surface area (Å²) in [7, 11) is 0. The van der Waals surface area contributed by atoms with Gasteiger partial charge in [0, 0.05) is 18.4 Å². The summed E-state index contributed by atoms with van der Waals surface area (Å²) in [4.78, 5) is 11.7. The van der Waals surface area contributed by atoms with Gasteiger partial charge in [-0.1, -0.05) is 49.6 Å². The molecule has 0 aliphatic carbocycles. The highest BCUT2D eigenvalue weighted by Crippen LogP contribution is 2.10. The first-order valence-electron chi connectivity index (χ1n) is 6.30. The second-order valence-corrected chi connectivity index (χ2v) is 4.22. The Balaban J connectivity index is 2.07. The molecule has 0 N–H and O–H groups in total. The maximum absolute atomic E-state index is 11.7. The predicted molar refractivity (Wildman–Crippen MR) is 68.7 cm³/mol. The standard InChI is InChI=1S/C15H19NO/c16-13-9-4-2-1-3-8-12-15(17)14-10-6-5-7-11-14/h5-7,10-11H,1-4,8-9,12H2. The van der Waals surface area contributed by atoms with Crippen LogP contribution in [0.15, 0.2) is 30.3 Å². The molecule has 0 spiro atoms. The normalized spacial score (nSPS) is 9.82. The second kappa shape index (κ2) is 8.52. The van der Waals surface area contributed by atoms with Crippen molar-refractivity contribution in [1.29, 1.82) is 5.26 Å². The molecule has 0 aliphatic rings. The first kappa shape index (κ1) is 13.4. The molecular formula is C15H19NO. The molecule has 0 heterocycles. The number of carbonyl (C=O) groups excluding carboxylic acids is 1. The number of ketones is 1. The summed E-state index contributed by atoms with van der Waals surface area (Å²) < 4.78 is 0. The molecule has 2 heteroatoms. The highest BCUT2D eigenvalue weighted by Gasteiger charge is 2.03. The Hall–Kier alpha value is -1.62. The van der Waals surface area contributed by atoms with E-state index in [0.717, 1.165) is 37.7 Å². The Morgan fingerprint density at radius 1 is 1.00 bits per heavy atom. The quantitative estimate of drug-likeness (QED) is 0.497. The number of hydrogen-bond acceptors (Lipinski definition) is 2. The van der Waals surface area contributed by atoms with Gasteiger partial charge in [0.25, 0.3) is 0 Å². The first-order valence-corrected chi connectivity index (χ1v) is 6.30. The molecule has 0 aromatic heterocycles. The Morgan fingerprint density at radius 2 is 1.65 bits per heavy atom. The summed E-state index contributed by atoms with van der Waals surface area (Å²) in [6.45, 7) is 0. The van der Waals surface area contributed by atoms with Crippen molar-refractivity contribution in [3.8, 4) is 6.07 Å². The van der Waals surface area contributed by atoms with Gasteiger partial charge < -0.3 is 0 Å². The molecular weight excluding hydrogens is 210 g/mol. The van der Waals surface area contributed by atoms with Crippen LogP contribution < -0.4 is 0 Å². The second-order valence-electron chi connectivity index (χ2n) is 4.22. The van der Waals surface area contributed by atoms with Crippen molar-refractivity contribution < 1.29 is 4.79 Å². The highest BCUT2D eigenvalue weighted by molar-refractivity contribution is 5.95. The van der Waals surface area contributed by atoms with Crippen LogP contribution in [0.25, 0.3) is 0 Å². The summed E-state index contributed by atoms with van der Waals surface area (Å²) >= 11 is 0. The molecule has 0 unspecified atom stereocenters. The SMILES string of the molecule is N#CCCCCCCCC(=O)c1ccccc1. The van der Waals surface area contributed by atoms with Crippen molar-refractivity contribution in [2.45, 2.75) is 44.9 Å². The predicted octanol–water partition coefficient (Wildman–Crippen LogP) is 4.12. The van der Waals surface area contributed by atoms with E-state index in [4.69, 9.17) is 5.26 Å². The van der Waals surface area contributed by atoms with E-state index in [0.29, 0.717) is 12.8 Å². The van der Waals surface area contributed by atoms with Crippen molar-refractivity contribution in [2.75, 3.05) is 0 Å². The molecule has 0 atom stereocenters. The number of nitrogens with zero attached hydrogens (tertiary/aromatic N) is 1. The lowest BCUT2D eigenvalue weighted by atomic mass is 10.0. The van der Waals surface area contributed by atoms with Crippen molar-refractivity contribution in [3.05, 3.63) is 35.9 Å². The Bertz CT molecular complexity index is 364. The van der Waals surface area contributed by atoms with E-state index < -0.39 is 0 Å². The van der Waals surface area contributed by atoms with Gasteiger partial charge in [-0.3, -0.25) is 4.79 Å². The molecule has 0 bridgehead atoms. The molecule has 90 valence electrons. The van der Waals surface area contributed by atoms with Gasteiger partial charge >= 0.3 is 0 Å². The summed E-state index contributed by atoms with van der Waals surface area (Å²) in [5.41, 5.74) is 0.817. The molecule has 0 amide bonds. The topological polar surface area (TPSA) is 40.9 Å². The van der Waals surface area contributed by atoms with E-state index in [1.54, 1.807) is 0 Å². The monoisotopic (exact) mass is 229 g/mol. The van der Waals surface area contributed by atoms with Crippen LogP contribution in [0.2, 0.25) is 0 Å². The van der Waals surface area contributed by atoms with E-state index in [9.17, 15) is 4.79 Å². The van der Waals surface area contributed by atoms with E-state index >= 15 is 0 Å². The summed E-state index contributed by atoms with van der Waals surface area (Å²) in [5, 5.41) is 8.37. The Morgan fingerprint density at radius 3 is 2.35 bits per heavy atom. The van der Waals surface area contributed by atoms with Gasteiger partial charge in [-0.25, -0.2) is 0 Å². The molecule has 1 rings (SSSR count). The smallest absolute Gasteiger partial charge is 0.162 e. The van der Waals surface area contributed by atoms with Crippen molar-refractivity contribution in [2.24, 2.45) is 0 Å². The van der Waals surface area contributed by atoms with Gasteiger partial charge in [-0.2, -0.15) is 5.26 Å². The molecule has 0 aliphatic heterocycles. The van der Waals surface area contributed by atoms with Crippen LogP contribution in [0.5, 0.6) is 0 Å². The van der Waals surface area contributed by atoms with E-state index in [1.165, 1.54) is 0 Å². The van der Waals surface area contributed by atoms with Gasteiger partial charge in [0.15, 0.2) is 5.78 Å². The van der Waals surface area contributed by atoms with Gasteiger partial charge in [0.1, 0.15) is 0 Å². The minimum Gasteiger partial charge on any atom is -0.294 e. The maximum Gasteiger partial charge on any atom is 0.162 e. The molecule has 1 aromatic carbocycles. The third-order valence-corrected chi connectivity index (χ3v) is 2.79. The fraction of sp³-hybridized carbons (Fsp3) is 0.467. The van der Waals surface area contributed by atoms with Crippen LogP contribution in [0.3, 0.4) is 0 Å². The molecule has 17 heavy (non-hydrogen) atoms. The number of rotatable bonds is 8. The van der Waals surface area contributed by atoms with Crippen LogP contribution in [0.4, 0.5) is 0 Å². The third kappa shape index (κ3) is 5.87. The number of nitriles is 1. The summed E-state index contributed by atoms with van der Waals surface area (Å²) in [6.07, 6.45) is 6.56. The maximum atomic E-state index is 11.7. The fourth-order valence-electron chi connectivity index (χ4n) is 1.79. The van der Waals surface area contributed by atoms with Gasteiger partial charge in [-0.15, -0.1) is 0 Å². The number of benzene rings is 1. The number of Topliss-reactive ketones (excluding diaryl/α,β-unsaturated/α-hetero) is 1. The minimum atomic E-state index is 0.239. The minimum absolute atomic E-state index is 0.239. The van der Waals surface area contributed by atoms with Gasteiger partial charge in [0.2, 0.25) is 0 Å². The molecule has 0 saturated carbocycles. The highest BCUT2D eigenvalue weighted by atomic mass is 16.1. The first-order chi connectivity index (χ1) is 8.34. The lowest BCUT2D eigenvalue weighted by Gasteiger charge is -2.01. The third-order valence-electron chi connectivity index (χ3n) is 2.79. The largest absolute Gasteiger partial charge is 0.294 e. The van der Waals surface area contributed by atoms with E-state index in [2.05, 4.69) is 6.07 Å². The Labute approximate surface area is 103 Å². The summed E-state index contributed by atoms with van der Waals surface area (Å²) in [5.74, 6) is 0.239. The van der Waals surface area contributed by atoms with Crippen molar-refractivity contribution in [1.82, 2.24) is 0 Å². The average Bonchev–Trinajstić information content (AvgIpc) is 2.38. The number of unbranched alkanes of at least 4 members (excludes halogenated alkanes) is 5. The molecule has 2 nitrogen and oxygen atoms in total. The van der Waals surface area contributed by atoms with Crippen LogP contribution in [-0.4, -0.2) is 5.78 Å². The zero-order valence-corrected chi connectivity index (χ0v) is 10.2. The summed E-state index contributed by atoms with van der Waals surface area (Å²) in [6, 6.07) is 11.6. The van der Waals surface area contributed by atoms with Crippen LogP contribution in [0.1, 0.15) is 55.3 Å². The van der Waals surface area contributed by atoms with Crippen LogP contribution in [-0.2, 0) is 0 Å². The number of carbonyl (C=O) groups is 1. The van der Waals surface area contributed by atoms with E-state index in [1.807, 2.05) is 30.3 Å². The fourth-order valence-corrected chi connectivity index (χ4v) is 1.79. The van der Waals surface area contributed by atoms with Crippen LogP contribution in [0, 0.1) is 11.3 Å². The van der Waals surface area contributed by atoms with Crippen molar-refractivity contribution >= 4 is 5.78 Å². The van der Waals surface area contributed by atoms with Crippen LogP contribution >= 0.6 is 0 Å². The lowest BCUT2D eigenvalue weighted by Crippen LogP contribution is -1.98. The molecule has 0 radical (unpaired) electrons. The van der Waals surface area contributed by atoms with Crippen molar-refractivity contribution in [3.63, 3.8) is 0 Å². The zero-order chi connectivity index (χ0) is 12.3. The average molecular weight is 229 g/mol. The van der Waals surface area contributed by atoms with E-state index in [-0.39, 0.29) is 5.78 Å². The van der Waals surface area contributed by atoms with Gasteiger partial charge in [-0.05, 0) is 12.8 Å². The Kier molecular flexibility index (Phi) is 6.74. The molecule has 0 fully saturated rings. The zero-order valence-electron chi connectivity index (χ0n) is 10.2. The lowest BCUT2D eigenvalue weighted by molar-refractivity contribution is 0.0979.